The van der Waals surface area contributed by atoms with E-state index in [9.17, 15) is 5.11 Å². The molecule has 0 amide bonds. The molecule has 1 saturated carbocycles. The van der Waals surface area contributed by atoms with Gasteiger partial charge in [-0.05, 0) is 25.2 Å². The third-order valence-electron chi connectivity index (χ3n) is 3.27. The molecule has 0 aromatic carbocycles. The SMILES string of the molecule is CCCCCCCCCC(O)C1CC1. The van der Waals surface area contributed by atoms with Crippen molar-refractivity contribution in [2.45, 2.75) is 77.2 Å². The van der Waals surface area contributed by atoms with Crippen molar-refractivity contribution in [2.24, 2.45) is 5.92 Å². The van der Waals surface area contributed by atoms with Crippen molar-refractivity contribution in [3.8, 4) is 0 Å². The molecule has 0 radical (unpaired) electrons. The molecule has 84 valence electrons. The fourth-order valence-corrected chi connectivity index (χ4v) is 2.03. The largest absolute Gasteiger partial charge is 0.393 e. The van der Waals surface area contributed by atoms with Crippen LogP contribution in [0.1, 0.15) is 71.1 Å². The predicted molar refractivity (Wildman–Crippen MR) is 61.3 cm³/mol. The van der Waals surface area contributed by atoms with Crippen LogP contribution in [0.5, 0.6) is 0 Å². The number of rotatable bonds is 9. The Kier molecular flexibility index (Phi) is 6.25. The third-order valence-corrected chi connectivity index (χ3v) is 3.27. The maximum absolute atomic E-state index is 9.63. The Bertz CT molecular complexity index is 129. The number of aliphatic hydroxyl groups is 1. The van der Waals surface area contributed by atoms with Gasteiger partial charge < -0.3 is 5.11 Å². The highest BCUT2D eigenvalue weighted by atomic mass is 16.3. The molecule has 14 heavy (non-hydrogen) atoms. The lowest BCUT2D eigenvalue weighted by atomic mass is 10.0. The quantitative estimate of drug-likeness (QED) is 0.557. The summed E-state index contributed by atoms with van der Waals surface area (Å²) in [5.74, 6) is 0.676. The van der Waals surface area contributed by atoms with Crippen molar-refractivity contribution < 1.29 is 5.11 Å². The van der Waals surface area contributed by atoms with Crippen LogP contribution in [-0.2, 0) is 0 Å². The van der Waals surface area contributed by atoms with Crippen LogP contribution in [0.4, 0.5) is 0 Å². The van der Waals surface area contributed by atoms with Crippen molar-refractivity contribution in [3.63, 3.8) is 0 Å². The predicted octanol–water partition coefficient (Wildman–Crippen LogP) is 3.90. The van der Waals surface area contributed by atoms with Gasteiger partial charge in [-0.15, -0.1) is 0 Å². The first-order valence-corrected chi connectivity index (χ1v) is 6.52. The minimum atomic E-state index is 0.0330. The normalized spacial score (nSPS) is 18.4. The molecule has 1 aliphatic carbocycles. The molecule has 1 atom stereocenters. The standard InChI is InChI=1S/C13H26O/c1-2-3-4-5-6-7-8-9-13(14)12-10-11-12/h12-14H,2-11H2,1H3. The molecule has 1 nitrogen and oxygen atoms in total. The highest BCUT2D eigenvalue weighted by Crippen LogP contribution is 2.34. The summed E-state index contributed by atoms with van der Waals surface area (Å²) in [7, 11) is 0. The fourth-order valence-electron chi connectivity index (χ4n) is 2.03. The molecule has 0 spiro atoms. The first-order chi connectivity index (χ1) is 6.84. The van der Waals surface area contributed by atoms with Crippen molar-refractivity contribution in [3.05, 3.63) is 0 Å². The number of unbranched alkanes of at least 4 members (excludes halogenated alkanes) is 6. The number of aliphatic hydroxyl groups excluding tert-OH is 1. The van der Waals surface area contributed by atoms with Crippen LogP contribution in [0.2, 0.25) is 0 Å². The van der Waals surface area contributed by atoms with Gasteiger partial charge in [-0.1, -0.05) is 51.9 Å². The van der Waals surface area contributed by atoms with Crippen molar-refractivity contribution >= 4 is 0 Å². The Labute approximate surface area is 88.9 Å². The zero-order valence-corrected chi connectivity index (χ0v) is 9.67. The summed E-state index contributed by atoms with van der Waals surface area (Å²) in [6, 6.07) is 0. The first-order valence-electron chi connectivity index (χ1n) is 6.52. The van der Waals surface area contributed by atoms with E-state index >= 15 is 0 Å². The summed E-state index contributed by atoms with van der Waals surface area (Å²) in [4.78, 5) is 0. The zero-order valence-electron chi connectivity index (χ0n) is 9.67. The molecule has 1 rings (SSSR count). The van der Waals surface area contributed by atoms with Gasteiger partial charge in [-0.3, -0.25) is 0 Å². The lowest BCUT2D eigenvalue weighted by Gasteiger charge is -2.08. The van der Waals surface area contributed by atoms with E-state index < -0.39 is 0 Å². The summed E-state index contributed by atoms with van der Waals surface area (Å²) >= 11 is 0. The van der Waals surface area contributed by atoms with Gasteiger partial charge in [0.15, 0.2) is 0 Å². The molecular formula is C13H26O. The van der Waals surface area contributed by atoms with Gasteiger partial charge >= 0.3 is 0 Å². The van der Waals surface area contributed by atoms with E-state index in [1.807, 2.05) is 0 Å². The lowest BCUT2D eigenvalue weighted by Crippen LogP contribution is -2.08. The van der Waals surface area contributed by atoms with Gasteiger partial charge in [-0.2, -0.15) is 0 Å². The van der Waals surface area contributed by atoms with Crippen LogP contribution in [0, 0.1) is 5.92 Å². The van der Waals surface area contributed by atoms with Gasteiger partial charge in [0.1, 0.15) is 0 Å². The van der Waals surface area contributed by atoms with E-state index in [1.165, 1.54) is 57.8 Å². The Hall–Kier alpha value is -0.0400. The highest BCUT2D eigenvalue weighted by Gasteiger charge is 2.28. The molecule has 0 aromatic heterocycles. The van der Waals surface area contributed by atoms with Crippen LogP contribution in [0.3, 0.4) is 0 Å². The van der Waals surface area contributed by atoms with Gasteiger partial charge in [0, 0.05) is 0 Å². The van der Waals surface area contributed by atoms with E-state index in [4.69, 9.17) is 0 Å². The first kappa shape index (κ1) is 12.0. The van der Waals surface area contributed by atoms with Crippen LogP contribution in [0.25, 0.3) is 0 Å². The van der Waals surface area contributed by atoms with Gasteiger partial charge in [0.25, 0.3) is 0 Å². The Morgan fingerprint density at radius 3 is 2.14 bits per heavy atom. The minimum absolute atomic E-state index is 0.0330. The zero-order chi connectivity index (χ0) is 10.2. The second kappa shape index (κ2) is 7.28. The van der Waals surface area contributed by atoms with Crippen molar-refractivity contribution in [1.29, 1.82) is 0 Å². The molecule has 1 N–H and O–H groups in total. The summed E-state index contributed by atoms with van der Waals surface area (Å²) < 4.78 is 0. The fraction of sp³-hybridized carbons (Fsp3) is 1.00. The van der Waals surface area contributed by atoms with Crippen LogP contribution in [-0.4, -0.2) is 11.2 Å². The third kappa shape index (κ3) is 5.64. The summed E-state index contributed by atoms with van der Waals surface area (Å²) in [5, 5.41) is 9.63. The molecule has 1 fully saturated rings. The Morgan fingerprint density at radius 2 is 1.57 bits per heavy atom. The van der Waals surface area contributed by atoms with Crippen molar-refractivity contribution in [1.82, 2.24) is 0 Å². The van der Waals surface area contributed by atoms with E-state index in [1.54, 1.807) is 0 Å². The molecule has 1 aliphatic rings. The molecule has 0 aromatic rings. The summed E-state index contributed by atoms with van der Waals surface area (Å²) in [6.45, 7) is 2.26. The van der Waals surface area contributed by atoms with Crippen LogP contribution < -0.4 is 0 Å². The van der Waals surface area contributed by atoms with E-state index in [0.717, 1.165) is 6.42 Å². The molecule has 0 bridgehead atoms. The van der Waals surface area contributed by atoms with Crippen molar-refractivity contribution in [2.75, 3.05) is 0 Å². The van der Waals surface area contributed by atoms with Gasteiger partial charge in [0.05, 0.1) is 6.10 Å². The molecule has 1 unspecified atom stereocenters. The van der Waals surface area contributed by atoms with E-state index in [0.29, 0.717) is 5.92 Å². The Balaban J connectivity index is 1.75. The maximum atomic E-state index is 9.63. The second-order valence-electron chi connectivity index (χ2n) is 4.81. The molecule has 1 heteroatoms. The molecule has 0 aliphatic heterocycles. The van der Waals surface area contributed by atoms with Crippen LogP contribution >= 0.6 is 0 Å². The minimum Gasteiger partial charge on any atom is -0.393 e. The van der Waals surface area contributed by atoms with E-state index in [-0.39, 0.29) is 6.10 Å². The number of hydrogen-bond acceptors (Lipinski definition) is 1. The topological polar surface area (TPSA) is 20.2 Å². The average Bonchev–Trinajstić information content (AvgIpc) is 2.99. The van der Waals surface area contributed by atoms with Crippen LogP contribution in [0.15, 0.2) is 0 Å². The number of hydrogen-bond donors (Lipinski definition) is 1. The Morgan fingerprint density at radius 1 is 1.00 bits per heavy atom. The smallest absolute Gasteiger partial charge is 0.0568 e. The van der Waals surface area contributed by atoms with Gasteiger partial charge in [0.2, 0.25) is 0 Å². The second-order valence-corrected chi connectivity index (χ2v) is 4.81. The maximum Gasteiger partial charge on any atom is 0.0568 e. The molecule has 0 heterocycles. The van der Waals surface area contributed by atoms with Gasteiger partial charge in [-0.25, -0.2) is 0 Å². The monoisotopic (exact) mass is 198 g/mol. The highest BCUT2D eigenvalue weighted by molar-refractivity contribution is 4.80. The molecule has 0 saturated heterocycles. The summed E-state index contributed by atoms with van der Waals surface area (Å²) in [6.07, 6.45) is 13.1. The summed E-state index contributed by atoms with van der Waals surface area (Å²) in [5.41, 5.74) is 0. The molecular weight excluding hydrogens is 172 g/mol. The average molecular weight is 198 g/mol. The van der Waals surface area contributed by atoms with E-state index in [2.05, 4.69) is 6.92 Å². The lowest BCUT2D eigenvalue weighted by molar-refractivity contribution is 0.138.